The smallest absolute Gasteiger partial charge is 0.00538 e. The fraction of sp³-hybridized carbons (Fsp3) is 0.500. The van der Waals surface area contributed by atoms with Crippen molar-refractivity contribution in [1.82, 2.24) is 0 Å². The van der Waals surface area contributed by atoms with Crippen LogP contribution in [-0.2, 0) is 6.42 Å². The van der Waals surface area contributed by atoms with Gasteiger partial charge in [-0.1, -0.05) is 109 Å². The normalized spacial score (nSPS) is 18.8. The summed E-state index contributed by atoms with van der Waals surface area (Å²) in [7, 11) is 0. The molecule has 1 aliphatic rings. The quantitative estimate of drug-likeness (QED) is 0.491. The molecule has 0 radical (unpaired) electrons. The molecule has 0 saturated heterocycles. The maximum atomic E-state index is 3.70. The molecular weight excluding hydrogens is 288 g/mol. The molecule has 0 heterocycles. The van der Waals surface area contributed by atoms with Gasteiger partial charge in [-0.15, -0.1) is 0 Å². The molecule has 24 heavy (non-hydrogen) atoms. The van der Waals surface area contributed by atoms with Gasteiger partial charge in [0.25, 0.3) is 0 Å². The van der Waals surface area contributed by atoms with Gasteiger partial charge < -0.3 is 0 Å². The van der Waals surface area contributed by atoms with Crippen LogP contribution in [0.25, 0.3) is 0 Å². The number of rotatable bonds is 3. The fourth-order valence-electron chi connectivity index (χ4n) is 2.88. The highest BCUT2D eigenvalue weighted by Crippen LogP contribution is 2.38. The average Bonchev–Trinajstić information content (AvgIpc) is 2.66. The number of hydrogen-bond acceptors (Lipinski definition) is 0. The maximum absolute atomic E-state index is 3.70. The molecule has 0 spiro atoms. The molecule has 136 valence electrons. The maximum Gasteiger partial charge on any atom is 0.00538 e. The van der Waals surface area contributed by atoms with E-state index in [0.29, 0.717) is 5.92 Å². The predicted molar refractivity (Wildman–Crippen MR) is 114 cm³/mol. The van der Waals surface area contributed by atoms with Gasteiger partial charge in [0.1, 0.15) is 0 Å². The lowest BCUT2D eigenvalue weighted by atomic mass is 9.74. The predicted octanol–water partition coefficient (Wildman–Crippen LogP) is 8.12. The van der Waals surface area contributed by atoms with Crippen molar-refractivity contribution in [3.05, 3.63) is 71.8 Å². The van der Waals surface area contributed by atoms with Gasteiger partial charge in [-0.05, 0) is 36.8 Å². The molecule has 0 aliphatic heterocycles. The van der Waals surface area contributed by atoms with Crippen LogP contribution >= 0.6 is 0 Å². The number of allylic oxidation sites excluding steroid dienone is 5. The number of fused-ring (bicyclic) bond motifs is 1. The van der Waals surface area contributed by atoms with Crippen LogP contribution in [0.3, 0.4) is 0 Å². The first-order valence-electron chi connectivity index (χ1n) is 9.76. The second kappa shape index (κ2) is 16.3. The van der Waals surface area contributed by atoms with Crippen molar-refractivity contribution in [3.63, 3.8) is 0 Å². The third-order valence-electron chi connectivity index (χ3n) is 3.79. The van der Waals surface area contributed by atoms with Gasteiger partial charge in [-0.3, -0.25) is 0 Å². The summed E-state index contributed by atoms with van der Waals surface area (Å²) in [5, 5.41) is 0. The second-order valence-corrected chi connectivity index (χ2v) is 5.33. The van der Waals surface area contributed by atoms with E-state index in [9.17, 15) is 0 Å². The largest absolute Gasteiger partial charge is 0.0991 e. The van der Waals surface area contributed by atoms with Crippen molar-refractivity contribution >= 4 is 0 Å². The summed E-state index contributed by atoms with van der Waals surface area (Å²) in [6, 6.07) is 8.89. The lowest BCUT2D eigenvalue weighted by Crippen LogP contribution is -2.17. The Balaban J connectivity index is 0. The van der Waals surface area contributed by atoms with Gasteiger partial charge >= 0.3 is 0 Å². The standard InChI is InChI=1S/C18H22.3C2H6/c1-4-5-6-9-15(3)18-13-14(2)12-16-10-7-8-11-17(16)18;3*1-2/h4-11,14,18H,1,12-13H2,2-3H3;3*1-2H3/b6-5-,15-9+;;;. The summed E-state index contributed by atoms with van der Waals surface area (Å²) in [5.41, 5.74) is 4.50. The average molecular weight is 329 g/mol. The Kier molecular flexibility index (Phi) is 16.8. The van der Waals surface area contributed by atoms with E-state index in [1.807, 2.05) is 53.7 Å². The fourth-order valence-corrected chi connectivity index (χ4v) is 2.88. The van der Waals surface area contributed by atoms with Crippen LogP contribution in [0.15, 0.2) is 60.7 Å². The highest BCUT2D eigenvalue weighted by molar-refractivity contribution is 5.39. The first-order valence-corrected chi connectivity index (χ1v) is 9.76. The van der Waals surface area contributed by atoms with Gasteiger partial charge in [0.15, 0.2) is 0 Å². The Morgan fingerprint density at radius 2 is 1.58 bits per heavy atom. The van der Waals surface area contributed by atoms with Crippen LogP contribution < -0.4 is 0 Å². The minimum atomic E-state index is 0.583. The summed E-state index contributed by atoms with van der Waals surface area (Å²) >= 11 is 0. The van der Waals surface area contributed by atoms with Crippen molar-refractivity contribution < 1.29 is 0 Å². The van der Waals surface area contributed by atoms with E-state index < -0.39 is 0 Å². The van der Waals surface area contributed by atoms with Gasteiger partial charge in [0.05, 0.1) is 0 Å². The van der Waals surface area contributed by atoms with Crippen molar-refractivity contribution in [2.45, 2.75) is 74.1 Å². The van der Waals surface area contributed by atoms with Crippen molar-refractivity contribution in [1.29, 1.82) is 0 Å². The SMILES string of the molecule is C=C/C=C\C=C(/C)C1CC(C)Cc2ccccc21.CC.CC.CC. The van der Waals surface area contributed by atoms with Crippen LogP contribution in [0.4, 0.5) is 0 Å². The zero-order valence-corrected chi connectivity index (χ0v) is 17.4. The van der Waals surface area contributed by atoms with Gasteiger partial charge in [0.2, 0.25) is 0 Å². The summed E-state index contributed by atoms with van der Waals surface area (Å²) in [5.74, 6) is 1.36. The molecule has 0 heteroatoms. The molecule has 0 saturated carbocycles. The zero-order valence-electron chi connectivity index (χ0n) is 17.4. The Bertz CT molecular complexity index is 477. The highest BCUT2D eigenvalue weighted by atomic mass is 14.3. The summed E-state index contributed by atoms with van der Waals surface area (Å²) in [4.78, 5) is 0. The Morgan fingerprint density at radius 3 is 2.17 bits per heavy atom. The van der Waals surface area contributed by atoms with E-state index in [1.54, 1.807) is 0 Å². The molecule has 0 aromatic heterocycles. The molecule has 0 N–H and O–H groups in total. The molecule has 2 unspecified atom stereocenters. The van der Waals surface area contributed by atoms with Crippen molar-refractivity contribution in [3.8, 4) is 0 Å². The Morgan fingerprint density at radius 1 is 1.00 bits per heavy atom. The second-order valence-electron chi connectivity index (χ2n) is 5.33. The van der Waals surface area contributed by atoms with Crippen LogP contribution in [0.1, 0.15) is 78.9 Å². The Hall–Kier alpha value is -1.56. The Labute approximate surface area is 152 Å². The molecular formula is C24H40. The molecule has 0 bridgehead atoms. The molecule has 2 rings (SSSR count). The summed E-state index contributed by atoms with van der Waals surface area (Å²) in [6.45, 7) is 20.3. The minimum Gasteiger partial charge on any atom is -0.0991 e. The first-order chi connectivity index (χ1) is 11.7. The summed E-state index contributed by atoms with van der Waals surface area (Å²) < 4.78 is 0. The van der Waals surface area contributed by atoms with Gasteiger partial charge in [-0.25, -0.2) is 0 Å². The lowest BCUT2D eigenvalue weighted by molar-refractivity contribution is 0.460. The molecule has 1 aromatic rings. The zero-order chi connectivity index (χ0) is 19.0. The highest BCUT2D eigenvalue weighted by Gasteiger charge is 2.24. The molecule has 0 amide bonds. The van der Waals surface area contributed by atoms with Crippen LogP contribution in [0.5, 0.6) is 0 Å². The molecule has 1 aliphatic carbocycles. The van der Waals surface area contributed by atoms with Gasteiger partial charge in [-0.2, -0.15) is 0 Å². The van der Waals surface area contributed by atoms with E-state index in [2.05, 4.69) is 56.8 Å². The third-order valence-corrected chi connectivity index (χ3v) is 3.79. The van der Waals surface area contributed by atoms with Crippen molar-refractivity contribution in [2.24, 2.45) is 5.92 Å². The summed E-state index contributed by atoms with van der Waals surface area (Å²) in [6.07, 6.45) is 10.6. The van der Waals surface area contributed by atoms with E-state index in [1.165, 1.54) is 29.5 Å². The molecule has 0 fully saturated rings. The van der Waals surface area contributed by atoms with E-state index >= 15 is 0 Å². The topological polar surface area (TPSA) is 0 Å². The first kappa shape index (κ1) is 24.7. The number of benzene rings is 1. The minimum absolute atomic E-state index is 0.583. The van der Waals surface area contributed by atoms with Crippen LogP contribution in [-0.4, -0.2) is 0 Å². The van der Waals surface area contributed by atoms with Crippen LogP contribution in [0.2, 0.25) is 0 Å². The molecule has 1 aromatic carbocycles. The van der Waals surface area contributed by atoms with Crippen molar-refractivity contribution in [2.75, 3.05) is 0 Å². The van der Waals surface area contributed by atoms with Crippen LogP contribution in [0, 0.1) is 5.92 Å². The van der Waals surface area contributed by atoms with Gasteiger partial charge in [0, 0.05) is 5.92 Å². The van der Waals surface area contributed by atoms with E-state index in [4.69, 9.17) is 0 Å². The lowest BCUT2D eigenvalue weighted by Gasteiger charge is -2.30. The monoisotopic (exact) mass is 328 g/mol. The van der Waals surface area contributed by atoms with E-state index in [0.717, 1.165) is 5.92 Å². The molecule has 2 atom stereocenters. The third kappa shape index (κ3) is 8.34. The van der Waals surface area contributed by atoms with E-state index in [-0.39, 0.29) is 0 Å². The number of hydrogen-bond donors (Lipinski definition) is 0. The molecule has 0 nitrogen and oxygen atoms in total.